The molecule has 172 valence electrons. The number of methoxy groups -OCH3 is 1. The number of ether oxygens (including phenoxy) is 1. The predicted molar refractivity (Wildman–Crippen MR) is 135 cm³/mol. The number of hydrogen-bond donors (Lipinski definition) is 2. The highest BCUT2D eigenvalue weighted by molar-refractivity contribution is 7.97. The zero-order valence-electron chi connectivity index (χ0n) is 19.3. The summed E-state index contributed by atoms with van der Waals surface area (Å²) >= 11 is 1.62. The number of hydroxylamine groups is 2. The Labute approximate surface area is 200 Å². The molecule has 2 N–H and O–H groups in total. The quantitative estimate of drug-likeness (QED) is 0.324. The summed E-state index contributed by atoms with van der Waals surface area (Å²) in [5.41, 5.74) is 9.45. The molecule has 3 aromatic rings. The summed E-state index contributed by atoms with van der Waals surface area (Å²) < 4.78 is 8.72. The fourth-order valence-corrected chi connectivity index (χ4v) is 5.73. The van der Waals surface area contributed by atoms with Crippen LogP contribution in [0.15, 0.2) is 71.6 Å². The second kappa shape index (κ2) is 9.77. The molecule has 5 nitrogen and oxygen atoms in total. The zero-order valence-corrected chi connectivity index (χ0v) is 20.1. The van der Waals surface area contributed by atoms with Crippen LogP contribution in [0.2, 0.25) is 0 Å². The van der Waals surface area contributed by atoms with Gasteiger partial charge in [0.2, 0.25) is 0 Å². The molecule has 0 bridgehead atoms. The maximum atomic E-state index is 6.13. The van der Waals surface area contributed by atoms with Gasteiger partial charge >= 0.3 is 0 Å². The van der Waals surface area contributed by atoms with Gasteiger partial charge in [-0.2, -0.15) is 10.4 Å². The van der Waals surface area contributed by atoms with Gasteiger partial charge in [0.05, 0.1) is 19.3 Å². The van der Waals surface area contributed by atoms with Crippen molar-refractivity contribution in [1.29, 1.82) is 0 Å². The van der Waals surface area contributed by atoms with Crippen molar-refractivity contribution in [2.75, 3.05) is 25.8 Å². The van der Waals surface area contributed by atoms with Crippen LogP contribution in [0.4, 0.5) is 5.69 Å². The van der Waals surface area contributed by atoms with Crippen molar-refractivity contribution < 1.29 is 9.68 Å². The zero-order chi connectivity index (χ0) is 22.7. The molecular formula is C27H31N3O2S. The van der Waals surface area contributed by atoms with E-state index in [0.717, 1.165) is 17.9 Å². The van der Waals surface area contributed by atoms with Gasteiger partial charge in [0.1, 0.15) is 5.75 Å². The molecule has 1 spiro atoms. The van der Waals surface area contributed by atoms with E-state index in [1.807, 2.05) is 19.2 Å². The summed E-state index contributed by atoms with van der Waals surface area (Å²) in [6.45, 7) is 1.55. The standard InChI is InChI=1S/C27H31N3O2S/c1-28-33-22-12-9-20(10-13-22)18-29-32-30-19-27(15-5-6-16-27)24-17-21(11-14-25(24)30)23-7-3-4-8-26(23)31-2/h3-4,7-14,17,28-29H,5-6,15-16,18-19H2,1-2H3. The minimum atomic E-state index is 0.168. The number of para-hydroxylation sites is 1. The van der Waals surface area contributed by atoms with Gasteiger partial charge in [-0.15, -0.1) is 0 Å². The first-order chi connectivity index (χ1) is 16.2. The van der Waals surface area contributed by atoms with E-state index in [0.29, 0.717) is 6.54 Å². The molecule has 0 amide bonds. The first kappa shape index (κ1) is 22.3. The normalized spacial score (nSPS) is 16.4. The lowest BCUT2D eigenvalue weighted by Gasteiger charge is -2.25. The van der Waals surface area contributed by atoms with Crippen LogP contribution in [-0.4, -0.2) is 20.7 Å². The summed E-state index contributed by atoms with van der Waals surface area (Å²) in [7, 11) is 3.66. The van der Waals surface area contributed by atoms with E-state index in [2.05, 4.69) is 69.9 Å². The van der Waals surface area contributed by atoms with Crippen molar-refractivity contribution in [3.8, 4) is 16.9 Å². The fourth-order valence-electron chi connectivity index (χ4n) is 5.22. The molecule has 6 heteroatoms. The third-order valence-electron chi connectivity index (χ3n) is 6.86. The number of nitrogens with zero attached hydrogens (tertiary/aromatic N) is 1. The molecule has 3 aromatic carbocycles. The van der Waals surface area contributed by atoms with Crippen LogP contribution in [0.1, 0.15) is 36.8 Å². The fraction of sp³-hybridized carbons (Fsp3) is 0.333. The Balaban J connectivity index is 1.35. The number of benzene rings is 3. The molecule has 0 unspecified atom stereocenters. The Kier molecular flexibility index (Phi) is 6.60. The van der Waals surface area contributed by atoms with Crippen molar-refractivity contribution in [2.24, 2.45) is 0 Å². The number of fused-ring (bicyclic) bond motifs is 2. The largest absolute Gasteiger partial charge is 0.496 e. The van der Waals surface area contributed by atoms with Crippen molar-refractivity contribution >= 4 is 17.6 Å². The molecule has 0 radical (unpaired) electrons. The van der Waals surface area contributed by atoms with E-state index in [1.54, 1.807) is 19.1 Å². The van der Waals surface area contributed by atoms with Gasteiger partial charge in [-0.25, -0.2) is 5.06 Å². The maximum absolute atomic E-state index is 6.13. The molecule has 2 aliphatic rings. The lowest BCUT2D eigenvalue weighted by Crippen LogP contribution is -2.35. The molecule has 33 heavy (non-hydrogen) atoms. The minimum Gasteiger partial charge on any atom is -0.496 e. The number of nitrogens with one attached hydrogen (secondary N) is 2. The summed E-state index contributed by atoms with van der Waals surface area (Å²) in [6, 6.07) is 23.5. The van der Waals surface area contributed by atoms with Crippen molar-refractivity contribution in [3.05, 3.63) is 77.9 Å². The van der Waals surface area contributed by atoms with Crippen molar-refractivity contribution in [1.82, 2.24) is 10.2 Å². The number of anilines is 1. The monoisotopic (exact) mass is 461 g/mol. The van der Waals surface area contributed by atoms with Crippen molar-refractivity contribution in [2.45, 2.75) is 42.5 Å². The highest BCUT2D eigenvalue weighted by Gasteiger charge is 2.45. The molecule has 0 aromatic heterocycles. The van der Waals surface area contributed by atoms with Crippen LogP contribution < -0.4 is 20.0 Å². The van der Waals surface area contributed by atoms with Crippen LogP contribution in [0.3, 0.4) is 0 Å². The van der Waals surface area contributed by atoms with Crippen LogP contribution in [-0.2, 0) is 16.9 Å². The van der Waals surface area contributed by atoms with Gasteiger partial charge in [-0.3, -0.25) is 4.72 Å². The second-order valence-electron chi connectivity index (χ2n) is 8.82. The molecule has 1 aliphatic carbocycles. The first-order valence-corrected chi connectivity index (χ1v) is 12.4. The Hall–Kier alpha value is -2.51. The maximum Gasteiger partial charge on any atom is 0.126 e. The second-order valence-corrected chi connectivity index (χ2v) is 9.90. The summed E-state index contributed by atoms with van der Waals surface area (Å²) in [6.07, 6.45) is 4.97. The number of hydrogen-bond acceptors (Lipinski definition) is 6. The highest BCUT2D eigenvalue weighted by Crippen LogP contribution is 2.51. The number of rotatable bonds is 8. The van der Waals surface area contributed by atoms with Crippen LogP contribution in [0.5, 0.6) is 5.75 Å². The summed E-state index contributed by atoms with van der Waals surface area (Å²) in [4.78, 5) is 7.33. The molecular weight excluding hydrogens is 430 g/mol. The van der Waals surface area contributed by atoms with E-state index < -0.39 is 0 Å². The third-order valence-corrected chi connectivity index (χ3v) is 7.57. The van der Waals surface area contributed by atoms with Gasteiger partial charge < -0.3 is 4.74 Å². The molecule has 5 rings (SSSR count). The average Bonchev–Trinajstić information content (AvgIpc) is 3.45. The Morgan fingerprint density at radius 3 is 2.55 bits per heavy atom. The van der Waals surface area contributed by atoms with Crippen LogP contribution >= 0.6 is 11.9 Å². The minimum absolute atomic E-state index is 0.168. The lowest BCUT2D eigenvalue weighted by atomic mass is 9.80. The Morgan fingerprint density at radius 2 is 1.79 bits per heavy atom. The highest BCUT2D eigenvalue weighted by atomic mass is 32.2. The molecule has 1 heterocycles. The summed E-state index contributed by atoms with van der Waals surface area (Å²) in [5, 5.41) is 2.05. The Morgan fingerprint density at radius 1 is 1.00 bits per heavy atom. The van der Waals surface area contributed by atoms with Gasteiger partial charge in [0.25, 0.3) is 0 Å². The van der Waals surface area contributed by atoms with Gasteiger partial charge in [0.15, 0.2) is 0 Å². The van der Waals surface area contributed by atoms with Gasteiger partial charge in [-0.05, 0) is 78.9 Å². The summed E-state index contributed by atoms with van der Waals surface area (Å²) in [5.74, 6) is 0.907. The predicted octanol–water partition coefficient (Wildman–Crippen LogP) is 5.86. The third kappa shape index (κ3) is 4.49. The first-order valence-electron chi connectivity index (χ1n) is 11.6. The van der Waals surface area contributed by atoms with E-state index in [9.17, 15) is 0 Å². The molecule has 1 saturated carbocycles. The van der Waals surface area contributed by atoms with E-state index in [-0.39, 0.29) is 5.41 Å². The SMILES string of the molecule is CNSc1ccc(CNON2CC3(CCCC3)c3cc(-c4ccccc4OC)ccc32)cc1. The molecule has 0 saturated heterocycles. The van der Waals surface area contributed by atoms with E-state index in [1.165, 1.54) is 53.0 Å². The van der Waals surface area contributed by atoms with Crippen LogP contribution in [0, 0.1) is 0 Å². The van der Waals surface area contributed by atoms with Crippen molar-refractivity contribution in [3.63, 3.8) is 0 Å². The smallest absolute Gasteiger partial charge is 0.126 e. The van der Waals surface area contributed by atoms with Gasteiger partial charge in [0, 0.05) is 22.4 Å². The topological polar surface area (TPSA) is 45.8 Å². The van der Waals surface area contributed by atoms with Crippen LogP contribution in [0.25, 0.3) is 11.1 Å². The average molecular weight is 462 g/mol. The molecule has 0 atom stereocenters. The van der Waals surface area contributed by atoms with E-state index >= 15 is 0 Å². The molecule has 1 aliphatic heterocycles. The Bertz CT molecular complexity index is 1100. The van der Waals surface area contributed by atoms with E-state index in [4.69, 9.17) is 9.68 Å². The molecule has 1 fully saturated rings. The lowest BCUT2D eigenvalue weighted by molar-refractivity contribution is 0.0138. The van der Waals surface area contributed by atoms with Gasteiger partial charge in [-0.1, -0.05) is 49.2 Å².